The van der Waals surface area contributed by atoms with Gasteiger partial charge in [0, 0.05) is 44.1 Å². The molecule has 18 heavy (non-hydrogen) atoms. The minimum atomic E-state index is 0.0725. The lowest BCUT2D eigenvalue weighted by molar-refractivity contribution is 0.0760. The molecular formula is C13H19N3O2. The van der Waals surface area contributed by atoms with Crippen molar-refractivity contribution in [3.8, 4) is 0 Å². The first kappa shape index (κ1) is 13.0. The van der Waals surface area contributed by atoms with Crippen molar-refractivity contribution in [1.29, 1.82) is 0 Å². The number of rotatable bonds is 3. The van der Waals surface area contributed by atoms with E-state index in [1.165, 1.54) is 0 Å². The van der Waals surface area contributed by atoms with E-state index in [9.17, 15) is 4.79 Å². The summed E-state index contributed by atoms with van der Waals surface area (Å²) in [6.45, 7) is 4.15. The van der Waals surface area contributed by atoms with Crippen LogP contribution in [-0.2, 0) is 0 Å². The van der Waals surface area contributed by atoms with Gasteiger partial charge in [-0.2, -0.15) is 0 Å². The molecule has 0 radical (unpaired) electrons. The van der Waals surface area contributed by atoms with Crippen LogP contribution < -0.4 is 0 Å². The van der Waals surface area contributed by atoms with Gasteiger partial charge in [-0.3, -0.25) is 14.7 Å². The molecule has 0 spiro atoms. The number of aromatic nitrogens is 1. The zero-order valence-corrected chi connectivity index (χ0v) is 10.5. The molecule has 2 heterocycles. The Kier molecular flexibility index (Phi) is 4.66. The maximum atomic E-state index is 12.2. The molecule has 1 saturated heterocycles. The van der Waals surface area contributed by atoms with Gasteiger partial charge in [-0.1, -0.05) is 0 Å². The molecule has 0 aromatic carbocycles. The summed E-state index contributed by atoms with van der Waals surface area (Å²) in [5, 5.41) is 8.93. The van der Waals surface area contributed by atoms with Gasteiger partial charge in [0.15, 0.2) is 0 Å². The number of aliphatic hydroxyl groups is 1. The number of hydrogen-bond donors (Lipinski definition) is 1. The maximum absolute atomic E-state index is 12.2. The van der Waals surface area contributed by atoms with Crippen LogP contribution in [0.2, 0.25) is 0 Å². The quantitative estimate of drug-likeness (QED) is 0.832. The number of β-amino-alcohol motifs (C(OH)–C–C–N with tert-alkyl or cyclic N) is 1. The Morgan fingerprint density at radius 3 is 2.72 bits per heavy atom. The van der Waals surface area contributed by atoms with E-state index < -0.39 is 0 Å². The van der Waals surface area contributed by atoms with Crippen molar-refractivity contribution in [2.75, 3.05) is 39.3 Å². The molecule has 1 aromatic rings. The summed E-state index contributed by atoms with van der Waals surface area (Å²) < 4.78 is 0. The van der Waals surface area contributed by atoms with Crippen LogP contribution in [-0.4, -0.2) is 65.1 Å². The molecule has 98 valence electrons. The molecule has 0 bridgehead atoms. The third kappa shape index (κ3) is 3.27. The summed E-state index contributed by atoms with van der Waals surface area (Å²) in [4.78, 5) is 20.2. The highest BCUT2D eigenvalue weighted by Crippen LogP contribution is 2.08. The first-order chi connectivity index (χ1) is 8.81. The Balaban J connectivity index is 1.96. The van der Waals surface area contributed by atoms with Crippen LogP contribution in [0.5, 0.6) is 0 Å². The normalized spacial score (nSPS) is 17.5. The Labute approximate surface area is 107 Å². The molecule has 0 unspecified atom stereocenters. The smallest absolute Gasteiger partial charge is 0.254 e. The number of amides is 1. The summed E-state index contributed by atoms with van der Waals surface area (Å²) in [5.74, 6) is 0.0725. The molecule has 5 heteroatoms. The van der Waals surface area contributed by atoms with E-state index in [1.54, 1.807) is 24.5 Å². The second-order valence-electron chi connectivity index (χ2n) is 4.45. The van der Waals surface area contributed by atoms with Gasteiger partial charge >= 0.3 is 0 Å². The van der Waals surface area contributed by atoms with Gasteiger partial charge in [0.2, 0.25) is 0 Å². The average Bonchev–Trinajstić information content (AvgIpc) is 2.65. The molecule has 1 fully saturated rings. The number of carbonyl (C=O) groups is 1. The highest BCUT2D eigenvalue weighted by molar-refractivity contribution is 5.94. The van der Waals surface area contributed by atoms with Gasteiger partial charge in [0.25, 0.3) is 5.91 Å². The minimum absolute atomic E-state index is 0.0725. The second-order valence-corrected chi connectivity index (χ2v) is 4.45. The molecule has 0 atom stereocenters. The molecule has 2 rings (SSSR count). The zero-order chi connectivity index (χ0) is 12.8. The van der Waals surface area contributed by atoms with Gasteiger partial charge in [-0.15, -0.1) is 0 Å². The van der Waals surface area contributed by atoms with Crippen molar-refractivity contribution in [3.63, 3.8) is 0 Å². The molecule has 5 nitrogen and oxygen atoms in total. The number of aliphatic hydroxyl groups excluding tert-OH is 1. The Hall–Kier alpha value is -1.46. The van der Waals surface area contributed by atoms with E-state index in [0.29, 0.717) is 12.1 Å². The van der Waals surface area contributed by atoms with Crippen LogP contribution in [0.4, 0.5) is 0 Å². The average molecular weight is 249 g/mol. The monoisotopic (exact) mass is 249 g/mol. The lowest BCUT2D eigenvalue weighted by atomic mass is 10.2. The third-order valence-electron chi connectivity index (χ3n) is 3.22. The maximum Gasteiger partial charge on any atom is 0.254 e. The van der Waals surface area contributed by atoms with Crippen LogP contribution in [0.1, 0.15) is 16.8 Å². The lowest BCUT2D eigenvalue weighted by Gasteiger charge is -2.21. The van der Waals surface area contributed by atoms with E-state index in [4.69, 9.17) is 5.11 Å². The van der Waals surface area contributed by atoms with Crippen LogP contribution in [0.25, 0.3) is 0 Å². The number of hydrogen-bond acceptors (Lipinski definition) is 4. The van der Waals surface area contributed by atoms with E-state index >= 15 is 0 Å². The number of nitrogens with zero attached hydrogens (tertiary/aromatic N) is 3. The largest absolute Gasteiger partial charge is 0.395 e. The van der Waals surface area contributed by atoms with Gasteiger partial charge in [-0.05, 0) is 25.1 Å². The zero-order valence-electron chi connectivity index (χ0n) is 10.5. The fourth-order valence-electron chi connectivity index (χ4n) is 2.22. The highest BCUT2D eigenvalue weighted by Gasteiger charge is 2.19. The molecular weight excluding hydrogens is 230 g/mol. The first-order valence-electron chi connectivity index (χ1n) is 6.34. The summed E-state index contributed by atoms with van der Waals surface area (Å²) in [5.41, 5.74) is 0.695. The van der Waals surface area contributed by atoms with Crippen LogP contribution in [0.3, 0.4) is 0 Å². The van der Waals surface area contributed by atoms with Gasteiger partial charge in [0.05, 0.1) is 6.61 Å². The van der Waals surface area contributed by atoms with Crippen molar-refractivity contribution in [1.82, 2.24) is 14.8 Å². The van der Waals surface area contributed by atoms with E-state index in [2.05, 4.69) is 9.88 Å². The predicted molar refractivity (Wildman–Crippen MR) is 68.3 cm³/mol. The molecule has 1 N–H and O–H groups in total. The number of carbonyl (C=O) groups excluding carboxylic acids is 1. The summed E-state index contributed by atoms with van der Waals surface area (Å²) in [6, 6.07) is 3.50. The van der Waals surface area contributed by atoms with Gasteiger partial charge in [0.1, 0.15) is 0 Å². The molecule has 1 aromatic heterocycles. The Morgan fingerprint density at radius 2 is 2.00 bits per heavy atom. The van der Waals surface area contributed by atoms with Crippen molar-refractivity contribution in [2.45, 2.75) is 6.42 Å². The van der Waals surface area contributed by atoms with E-state index in [-0.39, 0.29) is 12.5 Å². The SMILES string of the molecule is O=C(c1ccncc1)N1CCCN(CCO)CC1. The third-order valence-corrected chi connectivity index (χ3v) is 3.22. The Morgan fingerprint density at radius 1 is 1.22 bits per heavy atom. The minimum Gasteiger partial charge on any atom is -0.395 e. The second kappa shape index (κ2) is 6.47. The predicted octanol–water partition coefficient (Wildman–Crippen LogP) is 0.222. The fraction of sp³-hybridized carbons (Fsp3) is 0.538. The van der Waals surface area contributed by atoms with Crippen LogP contribution in [0, 0.1) is 0 Å². The highest BCUT2D eigenvalue weighted by atomic mass is 16.3. The summed E-state index contributed by atoms with van der Waals surface area (Å²) in [6.07, 6.45) is 4.24. The van der Waals surface area contributed by atoms with Crippen molar-refractivity contribution >= 4 is 5.91 Å². The number of pyridine rings is 1. The molecule has 1 aliphatic heterocycles. The van der Waals surface area contributed by atoms with Crippen molar-refractivity contribution in [3.05, 3.63) is 30.1 Å². The first-order valence-corrected chi connectivity index (χ1v) is 6.34. The Bertz CT molecular complexity index is 383. The summed E-state index contributed by atoms with van der Waals surface area (Å²) in [7, 11) is 0. The fourth-order valence-corrected chi connectivity index (χ4v) is 2.22. The van der Waals surface area contributed by atoms with Crippen molar-refractivity contribution < 1.29 is 9.90 Å². The standard InChI is InChI=1S/C13H19N3O2/c17-11-10-15-6-1-7-16(9-8-15)13(18)12-2-4-14-5-3-12/h2-5,17H,1,6-11H2. The topological polar surface area (TPSA) is 56.7 Å². The molecule has 1 aliphatic rings. The molecule has 0 saturated carbocycles. The summed E-state index contributed by atoms with van der Waals surface area (Å²) >= 11 is 0. The lowest BCUT2D eigenvalue weighted by Crippen LogP contribution is -2.35. The van der Waals surface area contributed by atoms with Gasteiger partial charge < -0.3 is 10.0 Å². The van der Waals surface area contributed by atoms with Crippen LogP contribution in [0.15, 0.2) is 24.5 Å². The van der Waals surface area contributed by atoms with Gasteiger partial charge in [-0.25, -0.2) is 0 Å². The molecule has 1 amide bonds. The van der Waals surface area contributed by atoms with E-state index in [1.807, 2.05) is 4.90 Å². The van der Waals surface area contributed by atoms with Crippen LogP contribution >= 0.6 is 0 Å². The van der Waals surface area contributed by atoms with E-state index in [0.717, 1.165) is 32.6 Å². The van der Waals surface area contributed by atoms with Crippen molar-refractivity contribution in [2.24, 2.45) is 0 Å². The molecule has 0 aliphatic carbocycles.